The van der Waals surface area contributed by atoms with Gasteiger partial charge in [0, 0.05) is 24.9 Å². The fourth-order valence-corrected chi connectivity index (χ4v) is 6.07. The van der Waals surface area contributed by atoms with E-state index in [9.17, 15) is 23.5 Å². The Morgan fingerprint density at radius 3 is 2.08 bits per heavy atom. The molecule has 4 N–H and O–H groups in total. The summed E-state index contributed by atoms with van der Waals surface area (Å²) in [5.41, 5.74) is 0.731. The van der Waals surface area contributed by atoms with Crippen molar-refractivity contribution in [2.75, 3.05) is 23.1 Å². The molecule has 204 valence electrons. The molecule has 39 heavy (non-hydrogen) atoms. The standard InChI is InChI=1S/C30H31F2N3O4/c1-39-27(19-10-6-3-7-11-19)30(34-24-16-22(31)23(32)17-25(24)35-30)26(18-8-4-2-5-9-18)28(36)33-21-14-12-20(13-15-21)29(37)38/h3,6-7,10-18,26-27,34-35H,2,4-5,8-9H2,1H3,(H,33,36)(H,37,38)/t26-,27?/m0/s1. The molecule has 9 heteroatoms. The Morgan fingerprint density at radius 2 is 1.54 bits per heavy atom. The van der Waals surface area contributed by atoms with Crippen LogP contribution < -0.4 is 16.0 Å². The van der Waals surface area contributed by atoms with E-state index in [1.807, 2.05) is 30.3 Å². The first kappa shape index (κ1) is 26.6. The highest BCUT2D eigenvalue weighted by atomic mass is 19.2. The summed E-state index contributed by atoms with van der Waals surface area (Å²) in [6.45, 7) is 0. The molecule has 1 aliphatic heterocycles. The van der Waals surface area contributed by atoms with Gasteiger partial charge >= 0.3 is 5.97 Å². The second-order valence-electron chi connectivity index (χ2n) is 10.2. The van der Waals surface area contributed by atoms with Crippen molar-refractivity contribution < 1.29 is 28.2 Å². The van der Waals surface area contributed by atoms with Crippen molar-refractivity contribution in [3.05, 3.63) is 89.5 Å². The number of rotatable bonds is 8. The van der Waals surface area contributed by atoms with E-state index in [1.165, 1.54) is 12.1 Å². The molecule has 1 unspecified atom stereocenters. The van der Waals surface area contributed by atoms with Crippen molar-refractivity contribution in [3.8, 4) is 0 Å². The number of carboxylic acids is 1. The van der Waals surface area contributed by atoms with Crippen LogP contribution in [0.15, 0.2) is 66.7 Å². The minimum absolute atomic E-state index is 0.0672. The van der Waals surface area contributed by atoms with E-state index in [0.717, 1.165) is 49.8 Å². The first-order valence-corrected chi connectivity index (χ1v) is 13.1. The molecule has 1 heterocycles. The van der Waals surface area contributed by atoms with Crippen molar-refractivity contribution in [3.63, 3.8) is 0 Å². The molecule has 0 spiro atoms. The number of carboxylic acid groups (broad SMARTS) is 1. The monoisotopic (exact) mass is 535 g/mol. The van der Waals surface area contributed by atoms with E-state index in [4.69, 9.17) is 4.74 Å². The Morgan fingerprint density at radius 1 is 0.949 bits per heavy atom. The van der Waals surface area contributed by atoms with Gasteiger partial charge < -0.3 is 25.8 Å². The molecular weight excluding hydrogens is 504 g/mol. The topological polar surface area (TPSA) is 99.7 Å². The Labute approximate surface area is 225 Å². The average Bonchev–Trinajstić information content (AvgIpc) is 3.28. The van der Waals surface area contributed by atoms with Gasteiger partial charge in [0.2, 0.25) is 5.91 Å². The fraction of sp³-hybridized carbons (Fsp3) is 0.333. The van der Waals surface area contributed by atoms with Gasteiger partial charge in [-0.05, 0) is 48.6 Å². The molecule has 7 nitrogen and oxygen atoms in total. The van der Waals surface area contributed by atoms with Crippen LogP contribution in [0.2, 0.25) is 0 Å². The summed E-state index contributed by atoms with van der Waals surface area (Å²) in [5.74, 6) is -4.16. The van der Waals surface area contributed by atoms with Crippen LogP contribution in [0.3, 0.4) is 0 Å². The summed E-state index contributed by atoms with van der Waals surface area (Å²) in [5, 5.41) is 19.0. The minimum atomic E-state index is -1.29. The Bertz CT molecular complexity index is 1310. The maximum absolute atomic E-state index is 14.3. The van der Waals surface area contributed by atoms with Gasteiger partial charge in [-0.15, -0.1) is 0 Å². The molecule has 5 rings (SSSR count). The van der Waals surface area contributed by atoms with Crippen LogP contribution in [0.5, 0.6) is 0 Å². The van der Waals surface area contributed by atoms with Crippen molar-refractivity contribution in [1.82, 2.24) is 0 Å². The number of aromatic carboxylic acids is 1. The van der Waals surface area contributed by atoms with Crippen molar-refractivity contribution in [2.24, 2.45) is 11.8 Å². The largest absolute Gasteiger partial charge is 0.478 e. The molecule has 2 atom stereocenters. The first-order valence-electron chi connectivity index (χ1n) is 13.1. The molecular formula is C30H31F2N3O4. The third-order valence-corrected chi connectivity index (χ3v) is 7.79. The summed E-state index contributed by atoms with van der Waals surface area (Å²) < 4.78 is 34.7. The van der Waals surface area contributed by atoms with Crippen LogP contribution in [-0.2, 0) is 9.53 Å². The first-order chi connectivity index (χ1) is 18.8. The number of amides is 1. The van der Waals surface area contributed by atoms with E-state index in [1.54, 1.807) is 19.2 Å². The van der Waals surface area contributed by atoms with Crippen LogP contribution >= 0.6 is 0 Å². The van der Waals surface area contributed by atoms with Gasteiger partial charge in [-0.1, -0.05) is 49.6 Å². The summed E-state index contributed by atoms with van der Waals surface area (Å²) >= 11 is 0. The highest BCUT2D eigenvalue weighted by molar-refractivity contribution is 5.96. The highest BCUT2D eigenvalue weighted by Gasteiger charge is 2.56. The smallest absolute Gasteiger partial charge is 0.335 e. The van der Waals surface area contributed by atoms with Crippen LogP contribution in [0, 0.1) is 23.5 Å². The number of hydrogen-bond donors (Lipinski definition) is 4. The molecule has 3 aromatic carbocycles. The van der Waals surface area contributed by atoms with Gasteiger partial charge in [0.25, 0.3) is 0 Å². The van der Waals surface area contributed by atoms with Crippen LogP contribution in [0.25, 0.3) is 0 Å². The van der Waals surface area contributed by atoms with Gasteiger partial charge in [-0.25, -0.2) is 13.6 Å². The van der Waals surface area contributed by atoms with E-state index in [2.05, 4.69) is 16.0 Å². The Balaban J connectivity index is 1.61. The molecule has 1 saturated carbocycles. The van der Waals surface area contributed by atoms with Gasteiger partial charge in [-0.2, -0.15) is 0 Å². The molecule has 0 aromatic heterocycles. The number of anilines is 3. The summed E-state index contributed by atoms with van der Waals surface area (Å²) in [6.07, 6.45) is 3.85. The lowest BCUT2D eigenvalue weighted by Crippen LogP contribution is -2.60. The number of benzene rings is 3. The second-order valence-corrected chi connectivity index (χ2v) is 10.2. The lowest BCUT2D eigenvalue weighted by Gasteiger charge is -2.46. The van der Waals surface area contributed by atoms with Gasteiger partial charge in [0.15, 0.2) is 17.3 Å². The van der Waals surface area contributed by atoms with Gasteiger partial charge in [-0.3, -0.25) is 4.79 Å². The number of methoxy groups -OCH3 is 1. The SMILES string of the molecule is COC(c1ccccc1)C1([C@H](C(=O)Nc2ccc(C(=O)O)cc2)C2CCCCC2)Nc2cc(F)c(F)cc2N1. The normalized spacial score (nSPS) is 17.8. The van der Waals surface area contributed by atoms with E-state index in [-0.39, 0.29) is 17.4 Å². The average molecular weight is 536 g/mol. The van der Waals surface area contributed by atoms with Crippen molar-refractivity contribution in [2.45, 2.75) is 43.9 Å². The zero-order valence-corrected chi connectivity index (χ0v) is 21.5. The molecule has 0 saturated heterocycles. The molecule has 2 aliphatic rings. The lowest BCUT2D eigenvalue weighted by molar-refractivity contribution is -0.126. The quantitative estimate of drug-likeness (QED) is 0.266. The molecule has 1 aliphatic carbocycles. The van der Waals surface area contributed by atoms with Crippen molar-refractivity contribution in [1.29, 1.82) is 0 Å². The predicted molar refractivity (Wildman–Crippen MR) is 145 cm³/mol. The summed E-state index contributed by atoms with van der Waals surface area (Å²) in [7, 11) is 1.55. The summed E-state index contributed by atoms with van der Waals surface area (Å²) in [6, 6.07) is 17.6. The molecule has 0 radical (unpaired) electrons. The van der Waals surface area contributed by atoms with Crippen LogP contribution in [0.1, 0.15) is 54.1 Å². The maximum Gasteiger partial charge on any atom is 0.335 e. The zero-order valence-electron chi connectivity index (χ0n) is 21.5. The number of ether oxygens (including phenoxy) is 1. The third kappa shape index (κ3) is 5.18. The number of nitrogens with one attached hydrogen (secondary N) is 3. The molecule has 0 bridgehead atoms. The van der Waals surface area contributed by atoms with Crippen LogP contribution in [-0.4, -0.2) is 29.8 Å². The third-order valence-electron chi connectivity index (χ3n) is 7.79. The maximum atomic E-state index is 14.3. The molecule has 3 aromatic rings. The number of halogens is 2. The highest BCUT2D eigenvalue weighted by Crippen LogP contribution is 2.50. The fourth-order valence-electron chi connectivity index (χ4n) is 6.07. The minimum Gasteiger partial charge on any atom is -0.478 e. The molecule has 1 fully saturated rings. The number of hydrogen-bond acceptors (Lipinski definition) is 5. The number of carbonyl (C=O) groups is 2. The van der Waals surface area contributed by atoms with Crippen LogP contribution in [0.4, 0.5) is 25.8 Å². The van der Waals surface area contributed by atoms with Gasteiger partial charge in [0.1, 0.15) is 6.10 Å². The summed E-state index contributed by atoms with van der Waals surface area (Å²) in [4.78, 5) is 25.5. The van der Waals surface area contributed by atoms with Gasteiger partial charge in [0.05, 0.1) is 22.9 Å². The lowest BCUT2D eigenvalue weighted by atomic mass is 9.70. The van der Waals surface area contributed by atoms with E-state index < -0.39 is 35.3 Å². The Kier molecular flexibility index (Phi) is 7.52. The molecule has 1 amide bonds. The number of carbonyl (C=O) groups excluding carboxylic acids is 1. The van der Waals surface area contributed by atoms with E-state index in [0.29, 0.717) is 17.1 Å². The number of fused-ring (bicyclic) bond motifs is 1. The van der Waals surface area contributed by atoms with E-state index >= 15 is 0 Å². The second kappa shape index (κ2) is 11.0. The Hall–Kier alpha value is -3.98. The van der Waals surface area contributed by atoms with Crippen molar-refractivity contribution >= 4 is 28.9 Å². The zero-order chi connectivity index (χ0) is 27.6. The predicted octanol–water partition coefficient (Wildman–Crippen LogP) is 6.42.